The van der Waals surface area contributed by atoms with Crippen LogP contribution in [0.5, 0.6) is 0 Å². The summed E-state index contributed by atoms with van der Waals surface area (Å²) < 4.78 is 69.0. The number of esters is 4. The largest absolute Gasteiger partial charge is 0.472 e. The number of carbonyl (C=O) groups excluding carboxylic acids is 4. The van der Waals surface area contributed by atoms with E-state index in [-0.39, 0.29) is 25.7 Å². The number of phosphoric acid groups is 2. The zero-order chi connectivity index (χ0) is 78.6. The van der Waals surface area contributed by atoms with Gasteiger partial charge in [0.05, 0.1) is 26.4 Å². The Hall–Kier alpha value is -1.94. The van der Waals surface area contributed by atoms with Crippen LogP contribution in [0.3, 0.4) is 0 Å². The van der Waals surface area contributed by atoms with E-state index in [4.69, 9.17) is 37.0 Å². The van der Waals surface area contributed by atoms with Gasteiger partial charge in [-0.05, 0) is 43.4 Å². The Bertz CT molecular complexity index is 2060. The SMILES string of the molecule is CCCCCCCCCCCCCCCCCCCCCCC(=O)O[C@H](COC(=O)CCCCCCCCCCCCCCCCCCC(C)C)COP(=O)(O)OC[C@@H](O)COP(=O)(O)OC[C@@H](COC(=O)CCCCCCCCCCC(C)C)OC(=O)CCCCCCCCCCCCCCCCC(C)C. The third-order valence-electron chi connectivity index (χ3n) is 20.6. The fraction of sp³-hybridized carbons (Fsp3) is 0.955. The van der Waals surface area contributed by atoms with Gasteiger partial charge in [-0.1, -0.05) is 414 Å². The van der Waals surface area contributed by atoms with Crippen LogP contribution in [0.1, 0.15) is 466 Å². The smallest absolute Gasteiger partial charge is 0.462 e. The van der Waals surface area contributed by atoms with Gasteiger partial charge in [0.2, 0.25) is 0 Å². The summed E-state index contributed by atoms with van der Waals surface area (Å²) in [5, 5.41) is 10.7. The van der Waals surface area contributed by atoms with Gasteiger partial charge in [0, 0.05) is 25.7 Å². The minimum absolute atomic E-state index is 0.107. The predicted molar refractivity (Wildman–Crippen MR) is 441 cm³/mol. The van der Waals surface area contributed by atoms with E-state index in [9.17, 15) is 43.2 Å². The number of rotatable bonds is 86. The average Bonchev–Trinajstić information content (AvgIpc) is 0.903. The van der Waals surface area contributed by atoms with Gasteiger partial charge >= 0.3 is 39.5 Å². The molecule has 0 saturated carbocycles. The van der Waals surface area contributed by atoms with Gasteiger partial charge in [-0.3, -0.25) is 37.3 Å². The summed E-state index contributed by atoms with van der Waals surface area (Å²) in [5.41, 5.74) is 0. The van der Waals surface area contributed by atoms with Crippen LogP contribution in [0.15, 0.2) is 0 Å². The molecule has 0 fully saturated rings. The molecule has 636 valence electrons. The van der Waals surface area contributed by atoms with Crippen molar-refractivity contribution >= 4 is 39.5 Å². The highest BCUT2D eigenvalue weighted by atomic mass is 31.2. The minimum Gasteiger partial charge on any atom is -0.462 e. The molecule has 0 aliphatic rings. The molecule has 0 heterocycles. The summed E-state index contributed by atoms with van der Waals surface area (Å²) in [7, 11) is -9.93. The minimum atomic E-state index is -4.97. The number of hydrogen-bond donors (Lipinski definition) is 3. The molecule has 0 spiro atoms. The molecule has 107 heavy (non-hydrogen) atoms. The fourth-order valence-electron chi connectivity index (χ4n) is 13.7. The first-order chi connectivity index (χ1) is 51.7. The van der Waals surface area contributed by atoms with Crippen molar-refractivity contribution in [3.05, 3.63) is 0 Å². The van der Waals surface area contributed by atoms with Crippen molar-refractivity contribution in [3.8, 4) is 0 Å². The van der Waals surface area contributed by atoms with Gasteiger partial charge in [-0.15, -0.1) is 0 Å². The maximum absolute atomic E-state index is 13.2. The Morgan fingerprint density at radius 2 is 0.430 bits per heavy atom. The molecule has 17 nitrogen and oxygen atoms in total. The molecule has 0 aliphatic heterocycles. The zero-order valence-electron chi connectivity index (χ0n) is 70.6. The van der Waals surface area contributed by atoms with Gasteiger partial charge in [0.1, 0.15) is 19.3 Å². The Kier molecular flexibility index (Phi) is 76.6. The van der Waals surface area contributed by atoms with E-state index in [1.165, 1.54) is 276 Å². The molecule has 0 aromatic rings. The lowest BCUT2D eigenvalue weighted by Crippen LogP contribution is -2.30. The van der Waals surface area contributed by atoms with E-state index in [1.807, 2.05) is 0 Å². The number of aliphatic hydroxyl groups excluding tert-OH is 1. The number of unbranched alkanes of at least 4 members (excludes halogenated alkanes) is 54. The molecule has 0 bridgehead atoms. The number of phosphoric ester groups is 2. The van der Waals surface area contributed by atoms with Crippen LogP contribution in [0.25, 0.3) is 0 Å². The summed E-state index contributed by atoms with van der Waals surface area (Å²) in [4.78, 5) is 73.3. The maximum Gasteiger partial charge on any atom is 0.472 e. The first-order valence-electron chi connectivity index (χ1n) is 45.3. The molecular formula is C88H172O17P2. The highest BCUT2D eigenvalue weighted by Crippen LogP contribution is 2.45. The molecule has 19 heteroatoms. The van der Waals surface area contributed by atoms with Gasteiger partial charge in [0.15, 0.2) is 12.2 Å². The third kappa shape index (κ3) is 81.9. The van der Waals surface area contributed by atoms with E-state index in [1.54, 1.807) is 0 Å². The Labute approximate surface area is 658 Å². The quantitative estimate of drug-likeness (QED) is 0.0222. The summed E-state index contributed by atoms with van der Waals surface area (Å²) in [6, 6.07) is 0. The van der Waals surface area contributed by atoms with E-state index < -0.39 is 97.5 Å². The molecule has 5 atom stereocenters. The molecule has 0 aliphatic carbocycles. The van der Waals surface area contributed by atoms with Gasteiger partial charge < -0.3 is 33.8 Å². The standard InChI is InChI=1S/C88H172O17P2/c1-8-9-10-11-12-13-14-15-16-17-18-19-20-25-31-36-41-50-57-64-71-87(92)104-83(75-98-85(90)69-62-55-48-40-35-30-24-22-21-23-28-33-38-45-52-59-66-79(2)3)77-102-106(94,95)100-73-82(89)74-101-107(96,97)103-78-84(76-99-86(91)70-63-56-49-44-43-47-54-61-68-81(6)7)105-88(93)72-65-58-51-42-37-32-27-26-29-34-39-46-53-60-67-80(4)5/h79-84,89H,8-78H2,1-7H3,(H,94,95)(H,96,97)/t82-,83-,84-/m1/s1. The Balaban J connectivity index is 5.24. The zero-order valence-corrected chi connectivity index (χ0v) is 72.4. The molecule has 0 saturated heterocycles. The van der Waals surface area contributed by atoms with Crippen molar-refractivity contribution in [2.45, 2.75) is 484 Å². The predicted octanol–water partition coefficient (Wildman–Crippen LogP) is 26.9. The molecule has 3 N–H and O–H groups in total. The molecule has 0 rings (SSSR count). The molecule has 0 radical (unpaired) electrons. The molecule has 0 aromatic heterocycles. The first-order valence-corrected chi connectivity index (χ1v) is 48.3. The van der Waals surface area contributed by atoms with Crippen molar-refractivity contribution in [1.82, 2.24) is 0 Å². The monoisotopic (exact) mass is 1560 g/mol. The topological polar surface area (TPSA) is 237 Å². The van der Waals surface area contributed by atoms with Crippen molar-refractivity contribution < 1.29 is 80.2 Å². The molecule has 2 unspecified atom stereocenters. The molecular weight excluding hydrogens is 1390 g/mol. The van der Waals surface area contributed by atoms with Gasteiger partial charge in [0.25, 0.3) is 0 Å². The van der Waals surface area contributed by atoms with Crippen molar-refractivity contribution in [1.29, 1.82) is 0 Å². The summed E-state index contributed by atoms with van der Waals surface area (Å²) >= 11 is 0. The first kappa shape index (κ1) is 105. The van der Waals surface area contributed by atoms with E-state index in [2.05, 4.69) is 48.5 Å². The lowest BCUT2D eigenvalue weighted by molar-refractivity contribution is -0.161. The summed E-state index contributed by atoms with van der Waals surface area (Å²) in [6.45, 7) is 12.0. The van der Waals surface area contributed by atoms with E-state index in [0.29, 0.717) is 25.7 Å². The van der Waals surface area contributed by atoms with Crippen molar-refractivity contribution in [2.75, 3.05) is 39.6 Å². The summed E-state index contributed by atoms with van der Waals surface area (Å²) in [6.07, 6.45) is 69.5. The van der Waals surface area contributed by atoms with E-state index in [0.717, 1.165) is 108 Å². The second kappa shape index (κ2) is 78.0. The van der Waals surface area contributed by atoms with Crippen LogP contribution in [0, 0.1) is 17.8 Å². The Morgan fingerprint density at radius 1 is 0.252 bits per heavy atom. The van der Waals surface area contributed by atoms with Gasteiger partial charge in [-0.25, -0.2) is 9.13 Å². The molecule has 0 aromatic carbocycles. The van der Waals surface area contributed by atoms with Crippen LogP contribution in [0.4, 0.5) is 0 Å². The van der Waals surface area contributed by atoms with Crippen LogP contribution in [-0.4, -0.2) is 96.7 Å². The average molecular weight is 1560 g/mol. The number of hydrogen-bond acceptors (Lipinski definition) is 15. The lowest BCUT2D eigenvalue weighted by Gasteiger charge is -2.21. The highest BCUT2D eigenvalue weighted by molar-refractivity contribution is 7.47. The number of carbonyl (C=O) groups is 4. The van der Waals surface area contributed by atoms with Crippen molar-refractivity contribution in [3.63, 3.8) is 0 Å². The third-order valence-corrected chi connectivity index (χ3v) is 22.5. The van der Waals surface area contributed by atoms with E-state index >= 15 is 0 Å². The second-order valence-corrected chi connectivity index (χ2v) is 36.0. The van der Waals surface area contributed by atoms with Crippen LogP contribution >= 0.6 is 15.6 Å². The number of aliphatic hydroxyl groups is 1. The van der Waals surface area contributed by atoms with Crippen LogP contribution < -0.4 is 0 Å². The Morgan fingerprint density at radius 3 is 0.636 bits per heavy atom. The van der Waals surface area contributed by atoms with Crippen LogP contribution in [-0.2, 0) is 65.4 Å². The summed E-state index contributed by atoms with van der Waals surface area (Å²) in [5.74, 6) is 0.231. The number of ether oxygens (including phenoxy) is 4. The lowest BCUT2D eigenvalue weighted by atomic mass is 10.0. The van der Waals surface area contributed by atoms with Crippen molar-refractivity contribution in [2.24, 2.45) is 17.8 Å². The van der Waals surface area contributed by atoms with Gasteiger partial charge in [-0.2, -0.15) is 0 Å². The van der Waals surface area contributed by atoms with Crippen LogP contribution in [0.2, 0.25) is 0 Å². The second-order valence-electron chi connectivity index (χ2n) is 33.1. The molecule has 0 amide bonds. The fourth-order valence-corrected chi connectivity index (χ4v) is 15.3. The maximum atomic E-state index is 13.2. The highest BCUT2D eigenvalue weighted by Gasteiger charge is 2.31. The normalized spacial score (nSPS) is 13.8.